The Bertz CT molecular complexity index is 1650. The molecule has 6 rings (SSSR count). The second-order valence-electron chi connectivity index (χ2n) is 12.1. The molecule has 216 valence electrons. The molecule has 42 heavy (non-hydrogen) atoms. The molecule has 2 N–H and O–H groups in total. The summed E-state index contributed by atoms with van der Waals surface area (Å²) in [6.45, 7) is 8.19. The highest BCUT2D eigenvalue weighted by Crippen LogP contribution is 2.39. The van der Waals surface area contributed by atoms with Crippen molar-refractivity contribution >= 4 is 47.6 Å². The Morgan fingerprint density at radius 1 is 0.905 bits per heavy atom. The summed E-state index contributed by atoms with van der Waals surface area (Å²) in [5.74, 6) is 1.25. The van der Waals surface area contributed by atoms with Gasteiger partial charge in [0.25, 0.3) is 0 Å². The zero-order valence-corrected chi connectivity index (χ0v) is 26.2. The molecule has 1 aliphatic carbocycles. The van der Waals surface area contributed by atoms with E-state index in [9.17, 15) is 0 Å². The normalized spacial score (nSPS) is 14.0. The third kappa shape index (κ3) is 7.00. The molecule has 0 saturated heterocycles. The van der Waals surface area contributed by atoms with E-state index in [1.807, 2.05) is 42.9 Å². The lowest BCUT2D eigenvalue weighted by molar-refractivity contribution is 0.165. The Balaban J connectivity index is 1.27. The Hall–Kier alpha value is -3.73. The van der Waals surface area contributed by atoms with E-state index in [-0.39, 0.29) is 0 Å². The number of rotatable bonds is 11. The van der Waals surface area contributed by atoms with E-state index < -0.39 is 8.07 Å². The lowest BCUT2D eigenvalue weighted by atomic mass is 10.1. The summed E-state index contributed by atoms with van der Waals surface area (Å²) in [6.07, 6.45) is 10.5. The van der Waals surface area contributed by atoms with Crippen molar-refractivity contribution in [2.45, 2.75) is 57.3 Å². The Morgan fingerprint density at radius 2 is 1.71 bits per heavy atom. The van der Waals surface area contributed by atoms with Crippen molar-refractivity contribution in [1.82, 2.24) is 25.1 Å². The fourth-order valence-corrected chi connectivity index (χ4v) is 6.92. The van der Waals surface area contributed by atoms with Crippen LogP contribution in [0.5, 0.6) is 0 Å². The van der Waals surface area contributed by atoms with Gasteiger partial charge in [0.05, 0.1) is 40.4 Å². The molecular formula is C32H37N7OSSi. The topological polar surface area (TPSA) is 97.7 Å². The fraction of sp³-hybridized carbons (Fsp3) is 0.344. The number of benzene rings is 1. The molecule has 1 aromatic carbocycles. The van der Waals surface area contributed by atoms with Gasteiger partial charge in [0, 0.05) is 32.4 Å². The highest BCUT2D eigenvalue weighted by atomic mass is 32.1. The number of anilines is 3. The predicted molar refractivity (Wildman–Crippen MR) is 175 cm³/mol. The first kappa shape index (κ1) is 28.4. The summed E-state index contributed by atoms with van der Waals surface area (Å²) >= 11 is 1.67. The van der Waals surface area contributed by atoms with Gasteiger partial charge in [-0.1, -0.05) is 74.2 Å². The molecule has 0 radical (unpaired) electrons. The van der Waals surface area contributed by atoms with Crippen molar-refractivity contribution in [3.8, 4) is 21.7 Å². The zero-order valence-electron chi connectivity index (χ0n) is 24.4. The predicted octanol–water partition coefficient (Wildman–Crippen LogP) is 8.34. The molecule has 1 saturated carbocycles. The SMILES string of the molecule is C[Si](C)(C)CCOCNc1nc2cc(Nc3cncc(-c4ccccc4)c3)cnc2cc1-c1nnc(C2CCCC2)s1. The summed E-state index contributed by atoms with van der Waals surface area (Å²) < 4.78 is 5.97. The molecule has 4 aromatic heterocycles. The molecular weight excluding hydrogens is 559 g/mol. The molecule has 10 heteroatoms. The van der Waals surface area contributed by atoms with Crippen LogP contribution in [-0.4, -0.2) is 46.6 Å². The lowest BCUT2D eigenvalue weighted by Crippen LogP contribution is -2.22. The van der Waals surface area contributed by atoms with Gasteiger partial charge >= 0.3 is 0 Å². The number of nitrogens with one attached hydrogen (secondary N) is 2. The molecule has 8 nitrogen and oxygen atoms in total. The van der Waals surface area contributed by atoms with Gasteiger partial charge in [0.2, 0.25) is 0 Å². The molecule has 0 amide bonds. The van der Waals surface area contributed by atoms with Gasteiger partial charge in [-0.05, 0) is 42.6 Å². The van der Waals surface area contributed by atoms with E-state index >= 15 is 0 Å². The van der Waals surface area contributed by atoms with Crippen LogP contribution in [0.4, 0.5) is 17.2 Å². The van der Waals surface area contributed by atoms with Gasteiger partial charge in [-0.3, -0.25) is 9.97 Å². The monoisotopic (exact) mass is 595 g/mol. The summed E-state index contributed by atoms with van der Waals surface area (Å²) in [7, 11) is -1.16. The van der Waals surface area contributed by atoms with Crippen LogP contribution in [0.2, 0.25) is 25.7 Å². The van der Waals surface area contributed by atoms with Gasteiger partial charge in [-0.25, -0.2) is 4.98 Å². The number of pyridine rings is 3. The Kier molecular flexibility index (Phi) is 8.55. The van der Waals surface area contributed by atoms with Crippen molar-refractivity contribution in [2.75, 3.05) is 24.0 Å². The molecule has 0 aliphatic heterocycles. The van der Waals surface area contributed by atoms with Gasteiger partial charge < -0.3 is 15.4 Å². The van der Waals surface area contributed by atoms with Crippen LogP contribution in [0.3, 0.4) is 0 Å². The first-order valence-electron chi connectivity index (χ1n) is 14.6. The molecule has 0 unspecified atom stereocenters. The maximum absolute atomic E-state index is 5.97. The summed E-state index contributed by atoms with van der Waals surface area (Å²) in [4.78, 5) is 14.2. The molecule has 4 heterocycles. The third-order valence-corrected chi connectivity index (χ3v) is 10.3. The van der Waals surface area contributed by atoms with E-state index in [2.05, 4.69) is 69.7 Å². The van der Waals surface area contributed by atoms with Crippen molar-refractivity contribution in [3.05, 3.63) is 72.1 Å². The molecule has 1 fully saturated rings. The van der Waals surface area contributed by atoms with Crippen LogP contribution in [0.25, 0.3) is 32.7 Å². The second kappa shape index (κ2) is 12.6. The first-order valence-corrected chi connectivity index (χ1v) is 19.2. The Morgan fingerprint density at radius 3 is 2.52 bits per heavy atom. The smallest absolute Gasteiger partial charge is 0.151 e. The number of hydrogen-bond acceptors (Lipinski definition) is 9. The molecule has 0 spiro atoms. The average Bonchev–Trinajstić information content (AvgIpc) is 3.70. The highest BCUT2D eigenvalue weighted by molar-refractivity contribution is 7.14. The van der Waals surface area contributed by atoms with E-state index in [0.29, 0.717) is 12.6 Å². The van der Waals surface area contributed by atoms with Crippen molar-refractivity contribution < 1.29 is 4.74 Å². The summed E-state index contributed by atoms with van der Waals surface area (Å²) in [6, 6.07) is 17.5. The van der Waals surface area contributed by atoms with E-state index in [4.69, 9.17) is 14.7 Å². The van der Waals surface area contributed by atoms with E-state index in [0.717, 1.165) is 67.6 Å². The van der Waals surface area contributed by atoms with Crippen LogP contribution < -0.4 is 10.6 Å². The zero-order chi connectivity index (χ0) is 28.9. The standard InChI is InChI=1S/C32H37N7OSSi/c1-42(2,3)14-13-40-21-35-30-27(32-39-38-31(41-32)23-11-7-8-12-23)17-28-29(37-30)16-26(20-34-28)36-25-15-24(18-33-19-25)22-9-5-4-6-10-22/h4-6,9-10,15-20,23,36H,7-8,11-14,21H2,1-3H3,(H,35,37). The molecule has 0 bridgehead atoms. The average molecular weight is 596 g/mol. The van der Waals surface area contributed by atoms with Crippen LogP contribution in [-0.2, 0) is 4.74 Å². The maximum atomic E-state index is 5.97. The van der Waals surface area contributed by atoms with Gasteiger partial charge in [0.15, 0.2) is 5.01 Å². The quantitative estimate of drug-likeness (QED) is 0.0893. The second-order valence-corrected chi connectivity index (χ2v) is 18.7. The highest BCUT2D eigenvalue weighted by Gasteiger charge is 2.23. The minimum atomic E-state index is -1.16. The van der Waals surface area contributed by atoms with Crippen molar-refractivity contribution in [3.63, 3.8) is 0 Å². The van der Waals surface area contributed by atoms with E-state index in [1.165, 1.54) is 25.7 Å². The number of fused-ring (bicyclic) bond motifs is 1. The van der Waals surface area contributed by atoms with E-state index in [1.54, 1.807) is 11.3 Å². The maximum Gasteiger partial charge on any atom is 0.151 e. The molecule has 1 aliphatic rings. The summed E-state index contributed by atoms with van der Waals surface area (Å²) in [5.41, 5.74) is 6.38. The van der Waals surface area contributed by atoms with Crippen molar-refractivity contribution in [2.24, 2.45) is 0 Å². The summed E-state index contributed by atoms with van der Waals surface area (Å²) in [5, 5.41) is 18.0. The first-order chi connectivity index (χ1) is 20.4. The van der Waals surface area contributed by atoms with Gasteiger partial charge in [-0.15, -0.1) is 10.2 Å². The number of ether oxygens (including phenoxy) is 1. The fourth-order valence-electron chi connectivity index (χ4n) is 5.13. The molecule has 5 aromatic rings. The minimum absolute atomic E-state index is 0.383. The van der Waals surface area contributed by atoms with Crippen molar-refractivity contribution in [1.29, 1.82) is 0 Å². The lowest BCUT2D eigenvalue weighted by Gasteiger charge is -2.16. The molecule has 0 atom stereocenters. The van der Waals surface area contributed by atoms with Crippen LogP contribution >= 0.6 is 11.3 Å². The van der Waals surface area contributed by atoms with Gasteiger partial charge in [0.1, 0.15) is 17.6 Å². The minimum Gasteiger partial charge on any atom is -0.362 e. The Labute approximate surface area is 252 Å². The van der Waals surface area contributed by atoms with Crippen LogP contribution in [0.15, 0.2) is 67.1 Å². The van der Waals surface area contributed by atoms with Gasteiger partial charge in [-0.2, -0.15) is 0 Å². The van der Waals surface area contributed by atoms with Crippen LogP contribution in [0.1, 0.15) is 36.6 Å². The number of hydrogen-bond donors (Lipinski definition) is 2. The number of nitrogens with zero attached hydrogens (tertiary/aromatic N) is 5. The number of aromatic nitrogens is 5. The largest absolute Gasteiger partial charge is 0.362 e. The third-order valence-electron chi connectivity index (χ3n) is 7.51. The van der Waals surface area contributed by atoms with Crippen LogP contribution in [0, 0.1) is 0 Å².